The molecule has 1 N–H and O–H groups in total. The van der Waals surface area contributed by atoms with Gasteiger partial charge in [-0.25, -0.2) is 4.68 Å². The largest absolute Gasteiger partial charge is 0.354 e. The quantitative estimate of drug-likeness (QED) is 0.613. The Morgan fingerprint density at radius 1 is 1.23 bits per heavy atom. The number of halogens is 1. The van der Waals surface area contributed by atoms with Crippen LogP contribution in [0.4, 0.5) is 0 Å². The molecule has 1 aliphatic rings. The van der Waals surface area contributed by atoms with Gasteiger partial charge in [0.15, 0.2) is 0 Å². The molecule has 2 heterocycles. The summed E-state index contributed by atoms with van der Waals surface area (Å²) in [6.45, 7) is 6.23. The lowest BCUT2D eigenvalue weighted by atomic mass is 10.0. The average Bonchev–Trinajstić information content (AvgIpc) is 3.40. The van der Waals surface area contributed by atoms with E-state index in [1.807, 2.05) is 24.3 Å². The fraction of sp³-hybridized carbons (Fsp3) is 0.391. The summed E-state index contributed by atoms with van der Waals surface area (Å²) in [6.07, 6.45) is 3.05. The first kappa shape index (κ1) is 21.5. The molecule has 0 bridgehead atoms. The first-order valence-electron chi connectivity index (χ1n) is 10.5. The van der Waals surface area contributed by atoms with Crippen LogP contribution in [0.2, 0.25) is 5.02 Å². The SMILES string of the molecule is Cc1ccc(CN2C[C@H](n3cnnn3)C[C@H]2C(=O)NCCc2cccc(Cl)c2)c(C)c1. The van der Waals surface area contributed by atoms with Crippen LogP contribution >= 0.6 is 11.6 Å². The van der Waals surface area contributed by atoms with Gasteiger partial charge < -0.3 is 5.32 Å². The maximum atomic E-state index is 13.1. The number of benzene rings is 2. The Morgan fingerprint density at radius 3 is 2.84 bits per heavy atom. The van der Waals surface area contributed by atoms with E-state index in [1.165, 1.54) is 16.7 Å². The Hall–Kier alpha value is -2.77. The Morgan fingerprint density at radius 2 is 2.10 bits per heavy atom. The summed E-state index contributed by atoms with van der Waals surface area (Å²) in [6, 6.07) is 14.0. The Balaban J connectivity index is 1.44. The molecular weight excluding hydrogens is 412 g/mol. The summed E-state index contributed by atoms with van der Waals surface area (Å²) in [5.74, 6) is 0.0439. The van der Waals surface area contributed by atoms with E-state index in [0.717, 1.165) is 25.1 Å². The van der Waals surface area contributed by atoms with E-state index in [4.69, 9.17) is 11.6 Å². The Labute approximate surface area is 187 Å². The highest BCUT2D eigenvalue weighted by molar-refractivity contribution is 6.30. The molecule has 0 radical (unpaired) electrons. The number of nitrogens with one attached hydrogen (secondary N) is 1. The fourth-order valence-electron chi connectivity index (χ4n) is 4.24. The predicted molar refractivity (Wildman–Crippen MR) is 120 cm³/mol. The Bertz CT molecular complexity index is 1040. The highest BCUT2D eigenvalue weighted by atomic mass is 35.5. The molecule has 1 amide bonds. The van der Waals surface area contributed by atoms with E-state index < -0.39 is 0 Å². The molecule has 0 spiro atoms. The van der Waals surface area contributed by atoms with Gasteiger partial charge in [-0.15, -0.1) is 5.10 Å². The number of likely N-dealkylation sites (tertiary alicyclic amines) is 1. The number of hydrogen-bond acceptors (Lipinski definition) is 5. The molecule has 7 nitrogen and oxygen atoms in total. The van der Waals surface area contributed by atoms with E-state index in [1.54, 1.807) is 11.0 Å². The van der Waals surface area contributed by atoms with Crippen LogP contribution in [-0.4, -0.2) is 50.1 Å². The zero-order chi connectivity index (χ0) is 21.8. The standard InChI is InChI=1S/C23H27ClN6O/c1-16-6-7-19(17(2)10-16)13-29-14-21(30-15-26-27-28-30)12-22(29)23(31)25-9-8-18-4-3-5-20(24)11-18/h3-7,10-11,15,21-22H,8-9,12-14H2,1-2H3,(H,25,31)/t21-,22+/m1/s1. The van der Waals surface area contributed by atoms with Crippen molar-refractivity contribution in [1.82, 2.24) is 30.4 Å². The molecule has 3 aromatic rings. The first-order valence-corrected chi connectivity index (χ1v) is 10.9. The zero-order valence-corrected chi connectivity index (χ0v) is 18.6. The molecule has 2 aromatic carbocycles. The molecule has 1 aromatic heterocycles. The summed E-state index contributed by atoms with van der Waals surface area (Å²) < 4.78 is 1.76. The summed E-state index contributed by atoms with van der Waals surface area (Å²) in [7, 11) is 0. The summed E-state index contributed by atoms with van der Waals surface area (Å²) >= 11 is 6.06. The van der Waals surface area contributed by atoms with Crippen LogP contribution in [0.5, 0.6) is 0 Å². The van der Waals surface area contributed by atoms with Crippen molar-refractivity contribution >= 4 is 17.5 Å². The van der Waals surface area contributed by atoms with Crippen molar-refractivity contribution in [3.8, 4) is 0 Å². The molecular formula is C23H27ClN6O. The van der Waals surface area contributed by atoms with E-state index in [-0.39, 0.29) is 18.0 Å². The topological polar surface area (TPSA) is 75.9 Å². The monoisotopic (exact) mass is 438 g/mol. The van der Waals surface area contributed by atoms with Gasteiger partial charge in [0.2, 0.25) is 5.91 Å². The van der Waals surface area contributed by atoms with Gasteiger partial charge in [-0.2, -0.15) is 0 Å². The number of aryl methyl sites for hydroxylation is 2. The Kier molecular flexibility index (Phi) is 6.63. The third-order valence-electron chi connectivity index (χ3n) is 5.90. The normalized spacial score (nSPS) is 18.9. The number of aromatic nitrogens is 4. The minimum absolute atomic E-state index is 0.0439. The molecule has 0 aliphatic carbocycles. The van der Waals surface area contributed by atoms with Crippen molar-refractivity contribution < 1.29 is 4.79 Å². The number of tetrazole rings is 1. The van der Waals surface area contributed by atoms with Crippen LogP contribution < -0.4 is 5.32 Å². The second-order valence-corrected chi connectivity index (χ2v) is 8.66. The van der Waals surface area contributed by atoms with Gasteiger partial charge in [0.25, 0.3) is 0 Å². The third-order valence-corrected chi connectivity index (χ3v) is 6.13. The predicted octanol–water partition coefficient (Wildman–Crippen LogP) is 3.12. The molecule has 4 rings (SSSR count). The van der Waals surface area contributed by atoms with Crippen molar-refractivity contribution in [3.63, 3.8) is 0 Å². The number of rotatable bonds is 7. The average molecular weight is 439 g/mol. The number of carbonyl (C=O) groups excluding carboxylic acids is 1. The molecule has 31 heavy (non-hydrogen) atoms. The lowest BCUT2D eigenvalue weighted by Gasteiger charge is -2.24. The fourth-order valence-corrected chi connectivity index (χ4v) is 4.45. The zero-order valence-electron chi connectivity index (χ0n) is 17.8. The summed E-state index contributed by atoms with van der Waals surface area (Å²) in [5, 5.41) is 15.4. The van der Waals surface area contributed by atoms with E-state index in [9.17, 15) is 4.79 Å². The van der Waals surface area contributed by atoms with Crippen molar-refractivity contribution in [1.29, 1.82) is 0 Å². The van der Waals surface area contributed by atoms with Gasteiger partial charge in [-0.05, 0) is 65.9 Å². The minimum atomic E-state index is -0.228. The third kappa shape index (κ3) is 5.29. The van der Waals surface area contributed by atoms with E-state index in [2.05, 4.69) is 57.8 Å². The second-order valence-electron chi connectivity index (χ2n) is 8.23. The summed E-state index contributed by atoms with van der Waals surface area (Å²) in [5.41, 5.74) is 4.83. The van der Waals surface area contributed by atoms with Crippen LogP contribution in [0.25, 0.3) is 0 Å². The first-order chi connectivity index (χ1) is 15.0. The molecule has 8 heteroatoms. The molecule has 2 atom stereocenters. The highest BCUT2D eigenvalue weighted by Crippen LogP contribution is 2.29. The van der Waals surface area contributed by atoms with Crippen LogP contribution in [-0.2, 0) is 17.8 Å². The maximum absolute atomic E-state index is 13.1. The molecule has 0 saturated carbocycles. The molecule has 0 unspecified atom stereocenters. The second kappa shape index (κ2) is 9.58. The van der Waals surface area contributed by atoms with Gasteiger partial charge in [0.05, 0.1) is 12.1 Å². The smallest absolute Gasteiger partial charge is 0.237 e. The van der Waals surface area contributed by atoms with E-state index in [0.29, 0.717) is 18.0 Å². The maximum Gasteiger partial charge on any atom is 0.237 e. The van der Waals surface area contributed by atoms with Crippen molar-refractivity contribution in [2.75, 3.05) is 13.1 Å². The molecule has 1 aliphatic heterocycles. The molecule has 1 fully saturated rings. The number of nitrogens with zero attached hydrogens (tertiary/aromatic N) is 5. The van der Waals surface area contributed by atoms with Crippen molar-refractivity contribution in [3.05, 3.63) is 76.1 Å². The van der Waals surface area contributed by atoms with Gasteiger partial charge in [0, 0.05) is 24.7 Å². The van der Waals surface area contributed by atoms with Gasteiger partial charge in [0.1, 0.15) is 6.33 Å². The number of hydrogen-bond donors (Lipinski definition) is 1. The van der Waals surface area contributed by atoms with Crippen LogP contribution in [0.3, 0.4) is 0 Å². The van der Waals surface area contributed by atoms with Crippen LogP contribution in [0.15, 0.2) is 48.8 Å². The number of carbonyl (C=O) groups is 1. The molecule has 1 saturated heterocycles. The minimum Gasteiger partial charge on any atom is -0.354 e. The number of amides is 1. The van der Waals surface area contributed by atoms with Gasteiger partial charge in [-0.3, -0.25) is 9.69 Å². The van der Waals surface area contributed by atoms with Crippen LogP contribution in [0, 0.1) is 13.8 Å². The van der Waals surface area contributed by atoms with E-state index >= 15 is 0 Å². The van der Waals surface area contributed by atoms with Crippen LogP contribution in [0.1, 0.15) is 34.7 Å². The lowest BCUT2D eigenvalue weighted by Crippen LogP contribution is -2.43. The lowest BCUT2D eigenvalue weighted by molar-refractivity contribution is -0.125. The van der Waals surface area contributed by atoms with Crippen molar-refractivity contribution in [2.45, 2.75) is 45.3 Å². The van der Waals surface area contributed by atoms with Crippen molar-refractivity contribution in [2.24, 2.45) is 0 Å². The highest BCUT2D eigenvalue weighted by Gasteiger charge is 2.38. The molecule has 162 valence electrons. The van der Waals surface area contributed by atoms with Gasteiger partial charge >= 0.3 is 0 Å². The summed E-state index contributed by atoms with van der Waals surface area (Å²) in [4.78, 5) is 15.4. The van der Waals surface area contributed by atoms with Gasteiger partial charge in [-0.1, -0.05) is 47.5 Å².